The monoisotopic (exact) mass is 953 g/mol. The zero-order chi connectivity index (χ0) is 49.9. The van der Waals surface area contributed by atoms with Gasteiger partial charge in [0.05, 0.1) is 22.2 Å². The summed E-state index contributed by atoms with van der Waals surface area (Å²) in [6.45, 7) is 11.5. The second-order valence-electron chi connectivity index (χ2n) is 21.5. The van der Waals surface area contributed by atoms with Gasteiger partial charge in [-0.05, 0) is 109 Å². The van der Waals surface area contributed by atoms with E-state index in [0.717, 1.165) is 67.2 Å². The van der Waals surface area contributed by atoms with E-state index in [2.05, 4.69) is 250 Å². The summed E-state index contributed by atoms with van der Waals surface area (Å²) < 4.78 is 18.2. The molecule has 2 aliphatic heterocycles. The average Bonchev–Trinajstić information content (AvgIpc) is 4.04. The Labute approximate surface area is 432 Å². The summed E-state index contributed by atoms with van der Waals surface area (Å²) in [7, 11) is 0. The summed E-state index contributed by atoms with van der Waals surface area (Å²) in [4.78, 5) is 5.05. The number of para-hydroxylation sites is 3. The van der Waals surface area contributed by atoms with Crippen LogP contribution in [0.5, 0.6) is 23.0 Å². The molecule has 3 aromatic heterocycles. The first kappa shape index (κ1) is 43.9. The van der Waals surface area contributed by atoms with Crippen LogP contribution < -0.4 is 25.9 Å². The standard InChI is InChI=1S/C68H52BN3O2/c1-67(2,3)45-36-37-70-64(38-45)72-59-35-30-46(69-57-26-12-14-28-62(57)74-63-29-15-13-27-58(63)69)39-53(59)51-33-31-47(40-60(51)72)73-48-32-34-55-61(41-48)71-42-54(52-24-17-25-56(66(52)71)68(55,4)5)65-49(43-18-8-6-9-19-43)22-16-23-50(65)44-20-10-7-11-21-44/h6-42H,1-5H3. The lowest BCUT2D eigenvalue weighted by Crippen LogP contribution is -2.54. The maximum atomic E-state index is 7.05. The van der Waals surface area contributed by atoms with Gasteiger partial charge in [-0.1, -0.05) is 192 Å². The molecule has 74 heavy (non-hydrogen) atoms. The largest absolute Gasteiger partial charge is 0.458 e. The third-order valence-corrected chi connectivity index (χ3v) is 15.8. The molecule has 0 spiro atoms. The van der Waals surface area contributed by atoms with Crippen molar-refractivity contribution in [1.29, 1.82) is 0 Å². The number of fused-ring (bicyclic) bond motifs is 7. The first-order chi connectivity index (χ1) is 36.1. The fraction of sp³-hybridized carbons (Fsp3) is 0.103. The molecule has 0 saturated heterocycles. The van der Waals surface area contributed by atoms with Crippen LogP contribution in [-0.4, -0.2) is 20.8 Å². The van der Waals surface area contributed by atoms with E-state index in [1.807, 2.05) is 18.3 Å². The highest BCUT2D eigenvalue weighted by Crippen LogP contribution is 2.51. The van der Waals surface area contributed by atoms with Crippen molar-refractivity contribution in [3.05, 3.63) is 241 Å². The van der Waals surface area contributed by atoms with Gasteiger partial charge in [-0.3, -0.25) is 4.57 Å². The van der Waals surface area contributed by atoms with E-state index in [1.165, 1.54) is 66.4 Å². The molecule has 0 saturated carbocycles. The Morgan fingerprint density at radius 3 is 1.88 bits per heavy atom. The zero-order valence-corrected chi connectivity index (χ0v) is 42.1. The third kappa shape index (κ3) is 6.89. The van der Waals surface area contributed by atoms with E-state index < -0.39 is 0 Å². The molecule has 0 atom stereocenters. The second-order valence-corrected chi connectivity index (χ2v) is 21.5. The number of benzene rings is 9. The number of hydrogen-bond acceptors (Lipinski definition) is 3. The molecule has 5 nitrogen and oxygen atoms in total. The second kappa shape index (κ2) is 16.6. The predicted octanol–water partition coefficient (Wildman–Crippen LogP) is 15.5. The van der Waals surface area contributed by atoms with Crippen molar-refractivity contribution in [2.24, 2.45) is 0 Å². The van der Waals surface area contributed by atoms with E-state index in [-0.39, 0.29) is 17.5 Å². The Morgan fingerprint density at radius 2 is 1.18 bits per heavy atom. The molecule has 6 heteroatoms. The maximum absolute atomic E-state index is 7.05. The molecule has 9 aromatic carbocycles. The van der Waals surface area contributed by atoms with Crippen molar-refractivity contribution in [1.82, 2.24) is 14.1 Å². The van der Waals surface area contributed by atoms with Crippen molar-refractivity contribution < 1.29 is 9.47 Å². The summed E-state index contributed by atoms with van der Waals surface area (Å²) in [5.41, 5.74) is 18.6. The summed E-state index contributed by atoms with van der Waals surface area (Å²) >= 11 is 0. The Hall–Kier alpha value is -8.87. The summed E-state index contributed by atoms with van der Waals surface area (Å²) in [5.74, 6) is 4.18. The van der Waals surface area contributed by atoms with E-state index >= 15 is 0 Å². The number of hydrogen-bond donors (Lipinski definition) is 0. The Morgan fingerprint density at radius 1 is 0.527 bits per heavy atom. The molecule has 5 heterocycles. The van der Waals surface area contributed by atoms with Crippen LogP contribution in [0.4, 0.5) is 0 Å². The van der Waals surface area contributed by atoms with Crippen LogP contribution in [0.15, 0.2) is 225 Å². The highest BCUT2D eigenvalue weighted by molar-refractivity contribution is 6.97. The minimum absolute atomic E-state index is 0.00646. The van der Waals surface area contributed by atoms with Gasteiger partial charge in [-0.2, -0.15) is 0 Å². The molecule has 0 N–H and O–H groups in total. The predicted molar refractivity (Wildman–Crippen MR) is 307 cm³/mol. The lowest BCUT2D eigenvalue weighted by Gasteiger charge is -2.34. The number of nitrogens with zero attached hydrogens (tertiary/aromatic N) is 3. The molecule has 2 aliphatic rings. The van der Waals surface area contributed by atoms with Crippen LogP contribution in [0.25, 0.3) is 77.6 Å². The molecule has 12 aromatic rings. The molecule has 0 amide bonds. The van der Waals surface area contributed by atoms with Crippen LogP contribution in [-0.2, 0) is 10.8 Å². The summed E-state index contributed by atoms with van der Waals surface area (Å²) in [6.07, 6.45) is 4.31. The molecule has 354 valence electrons. The van der Waals surface area contributed by atoms with Gasteiger partial charge < -0.3 is 14.0 Å². The minimum atomic E-state index is -0.275. The number of rotatable bonds is 7. The number of ether oxygens (including phenoxy) is 2. The van der Waals surface area contributed by atoms with Crippen LogP contribution >= 0.6 is 0 Å². The van der Waals surface area contributed by atoms with Gasteiger partial charge in [0.1, 0.15) is 28.8 Å². The van der Waals surface area contributed by atoms with E-state index in [4.69, 9.17) is 14.5 Å². The van der Waals surface area contributed by atoms with Crippen LogP contribution in [0.1, 0.15) is 51.3 Å². The van der Waals surface area contributed by atoms with Crippen molar-refractivity contribution in [3.8, 4) is 67.9 Å². The first-order valence-electron chi connectivity index (χ1n) is 25.7. The normalized spacial score (nSPS) is 13.4. The van der Waals surface area contributed by atoms with Gasteiger partial charge in [-0.25, -0.2) is 4.98 Å². The molecule has 0 aliphatic carbocycles. The van der Waals surface area contributed by atoms with Gasteiger partial charge >= 0.3 is 0 Å². The molecule has 14 rings (SSSR count). The first-order valence-corrected chi connectivity index (χ1v) is 25.7. The van der Waals surface area contributed by atoms with E-state index in [9.17, 15) is 0 Å². The molecule has 0 fully saturated rings. The fourth-order valence-electron chi connectivity index (χ4n) is 12.1. The summed E-state index contributed by atoms with van der Waals surface area (Å²) in [5, 5.41) is 3.51. The molecule has 0 radical (unpaired) electrons. The quantitative estimate of drug-likeness (QED) is 0.150. The molecule has 0 bridgehead atoms. The topological polar surface area (TPSA) is 41.2 Å². The molecule has 0 unspecified atom stereocenters. The van der Waals surface area contributed by atoms with Crippen molar-refractivity contribution in [2.45, 2.75) is 45.4 Å². The highest BCUT2D eigenvalue weighted by Gasteiger charge is 2.36. The van der Waals surface area contributed by atoms with Gasteiger partial charge in [0.25, 0.3) is 6.71 Å². The van der Waals surface area contributed by atoms with E-state index in [1.54, 1.807) is 0 Å². The average molecular weight is 954 g/mol. The van der Waals surface area contributed by atoms with Crippen LogP contribution in [0, 0.1) is 0 Å². The van der Waals surface area contributed by atoms with E-state index in [0.29, 0.717) is 0 Å². The lowest BCUT2D eigenvalue weighted by molar-refractivity contribution is 0.482. The smallest absolute Gasteiger partial charge is 0.250 e. The van der Waals surface area contributed by atoms with Crippen LogP contribution in [0.3, 0.4) is 0 Å². The van der Waals surface area contributed by atoms with Gasteiger partial charge in [0.2, 0.25) is 0 Å². The van der Waals surface area contributed by atoms with Gasteiger partial charge in [0.15, 0.2) is 0 Å². The van der Waals surface area contributed by atoms with Crippen molar-refractivity contribution in [2.75, 3.05) is 0 Å². The Kier molecular flexibility index (Phi) is 9.84. The van der Waals surface area contributed by atoms with Crippen LogP contribution in [0.2, 0.25) is 0 Å². The zero-order valence-electron chi connectivity index (χ0n) is 42.1. The van der Waals surface area contributed by atoms with Crippen molar-refractivity contribution in [3.63, 3.8) is 0 Å². The lowest BCUT2D eigenvalue weighted by atomic mass is 9.36. The summed E-state index contributed by atoms with van der Waals surface area (Å²) in [6, 6.07) is 76.5. The van der Waals surface area contributed by atoms with Gasteiger partial charge in [0, 0.05) is 51.7 Å². The highest BCUT2D eigenvalue weighted by atomic mass is 16.5. The molecular formula is C68H52BN3O2. The third-order valence-electron chi connectivity index (χ3n) is 15.8. The number of pyridine rings is 1. The minimum Gasteiger partial charge on any atom is -0.458 e. The Bertz CT molecular complexity index is 4110. The van der Waals surface area contributed by atoms with Gasteiger partial charge in [-0.15, -0.1) is 0 Å². The number of aromatic nitrogens is 3. The maximum Gasteiger partial charge on any atom is 0.250 e. The van der Waals surface area contributed by atoms with Crippen molar-refractivity contribution >= 4 is 55.8 Å². The molecular weight excluding hydrogens is 902 g/mol. The fourth-order valence-corrected chi connectivity index (χ4v) is 12.1. The SMILES string of the molecule is CC(C)(C)c1ccnc(-n2c3ccc(B4c5ccccc5Oc5ccccc54)cc3c3ccc(Oc4ccc5c(c4)-n4cc(-c6c(-c7ccccc7)cccc6-c6ccccc6)c6cccc(c64)C5(C)C)cc32)c1. The Balaban J connectivity index is 0.920.